The molecule has 5 nitrogen and oxygen atoms in total. The lowest BCUT2D eigenvalue weighted by atomic mass is 10.1. The zero-order valence-electron chi connectivity index (χ0n) is 17.0. The first-order valence-electron chi connectivity index (χ1n) is 9.50. The molecule has 0 aliphatic rings. The standard InChI is InChI=1S/C22H24ClN3O2S/c1-5-8-26-21(28)17-7-6-16(23)11-18(17)24-22(26)29-12-19(27)25-20-14(3)9-13(2)10-15(20)4/h6-7,9-11H,5,8,12H2,1-4H3,(H,25,27). The van der Waals surface area contributed by atoms with Gasteiger partial charge in [-0.3, -0.25) is 14.2 Å². The van der Waals surface area contributed by atoms with Crippen molar-refractivity contribution in [1.82, 2.24) is 9.55 Å². The third-order valence-corrected chi connectivity index (χ3v) is 5.81. The van der Waals surface area contributed by atoms with Crippen molar-refractivity contribution < 1.29 is 4.79 Å². The molecular formula is C22H24ClN3O2S. The van der Waals surface area contributed by atoms with Gasteiger partial charge < -0.3 is 5.32 Å². The van der Waals surface area contributed by atoms with Crippen molar-refractivity contribution in [1.29, 1.82) is 0 Å². The van der Waals surface area contributed by atoms with E-state index in [-0.39, 0.29) is 17.2 Å². The molecule has 1 N–H and O–H groups in total. The molecule has 0 saturated heterocycles. The van der Waals surface area contributed by atoms with Gasteiger partial charge in [-0.15, -0.1) is 0 Å². The zero-order valence-corrected chi connectivity index (χ0v) is 18.6. The number of nitrogens with one attached hydrogen (secondary N) is 1. The summed E-state index contributed by atoms with van der Waals surface area (Å²) in [6.45, 7) is 8.55. The Labute approximate surface area is 179 Å². The highest BCUT2D eigenvalue weighted by atomic mass is 35.5. The summed E-state index contributed by atoms with van der Waals surface area (Å²) in [5.41, 5.74) is 4.49. The van der Waals surface area contributed by atoms with Crippen LogP contribution in [0, 0.1) is 20.8 Å². The molecule has 0 aliphatic heterocycles. The first-order valence-corrected chi connectivity index (χ1v) is 10.9. The summed E-state index contributed by atoms with van der Waals surface area (Å²) in [6, 6.07) is 9.16. The van der Waals surface area contributed by atoms with Crippen molar-refractivity contribution in [3.8, 4) is 0 Å². The third kappa shape index (κ3) is 4.82. The van der Waals surface area contributed by atoms with Crippen LogP contribution in [0.1, 0.15) is 30.0 Å². The van der Waals surface area contributed by atoms with Gasteiger partial charge in [-0.25, -0.2) is 4.98 Å². The molecule has 0 unspecified atom stereocenters. The fraction of sp³-hybridized carbons (Fsp3) is 0.318. The highest BCUT2D eigenvalue weighted by molar-refractivity contribution is 7.99. The van der Waals surface area contributed by atoms with Crippen LogP contribution in [0.15, 0.2) is 40.3 Å². The molecular weight excluding hydrogens is 406 g/mol. The summed E-state index contributed by atoms with van der Waals surface area (Å²) < 4.78 is 1.64. The van der Waals surface area contributed by atoms with Crippen LogP contribution < -0.4 is 10.9 Å². The Bertz CT molecular complexity index is 1120. The van der Waals surface area contributed by atoms with E-state index in [1.165, 1.54) is 11.8 Å². The lowest BCUT2D eigenvalue weighted by Crippen LogP contribution is -2.24. The molecule has 1 heterocycles. The smallest absolute Gasteiger partial charge is 0.262 e. The highest BCUT2D eigenvalue weighted by Gasteiger charge is 2.14. The van der Waals surface area contributed by atoms with E-state index in [9.17, 15) is 9.59 Å². The lowest BCUT2D eigenvalue weighted by molar-refractivity contribution is -0.113. The quantitative estimate of drug-likeness (QED) is 0.436. The van der Waals surface area contributed by atoms with Crippen LogP contribution in [0.5, 0.6) is 0 Å². The van der Waals surface area contributed by atoms with E-state index in [0.29, 0.717) is 27.6 Å². The molecule has 0 aliphatic carbocycles. The Morgan fingerprint density at radius 2 is 1.86 bits per heavy atom. The Balaban J connectivity index is 1.85. The summed E-state index contributed by atoms with van der Waals surface area (Å²) >= 11 is 7.32. The minimum absolute atomic E-state index is 0.110. The van der Waals surface area contributed by atoms with E-state index < -0.39 is 0 Å². The van der Waals surface area contributed by atoms with Crippen LogP contribution in [0.4, 0.5) is 5.69 Å². The van der Waals surface area contributed by atoms with Gasteiger partial charge in [-0.05, 0) is 56.5 Å². The minimum Gasteiger partial charge on any atom is -0.325 e. The van der Waals surface area contributed by atoms with E-state index in [1.807, 2.05) is 39.8 Å². The van der Waals surface area contributed by atoms with Crippen LogP contribution in [0.25, 0.3) is 10.9 Å². The topological polar surface area (TPSA) is 64.0 Å². The molecule has 1 aromatic heterocycles. The van der Waals surface area contributed by atoms with Gasteiger partial charge in [-0.1, -0.05) is 48.0 Å². The number of aryl methyl sites for hydroxylation is 3. The molecule has 152 valence electrons. The molecule has 7 heteroatoms. The van der Waals surface area contributed by atoms with E-state index in [4.69, 9.17) is 11.6 Å². The molecule has 0 saturated carbocycles. The third-order valence-electron chi connectivity index (χ3n) is 4.60. The number of amides is 1. The van der Waals surface area contributed by atoms with Crippen LogP contribution in [-0.4, -0.2) is 21.2 Å². The second kappa shape index (κ2) is 9.01. The Hall–Kier alpha value is -2.31. The number of hydrogen-bond donors (Lipinski definition) is 1. The van der Waals surface area contributed by atoms with E-state index in [1.54, 1.807) is 22.8 Å². The number of rotatable bonds is 6. The van der Waals surface area contributed by atoms with Crippen molar-refractivity contribution in [2.24, 2.45) is 0 Å². The molecule has 0 fully saturated rings. The second-order valence-corrected chi connectivity index (χ2v) is 8.50. The molecule has 1 amide bonds. The number of carbonyl (C=O) groups excluding carboxylic acids is 1. The van der Waals surface area contributed by atoms with Crippen molar-refractivity contribution in [3.05, 3.63) is 62.4 Å². The first-order chi connectivity index (χ1) is 13.8. The summed E-state index contributed by atoms with van der Waals surface area (Å²) in [5.74, 6) is 0.0307. The largest absolute Gasteiger partial charge is 0.325 e. The number of aromatic nitrogens is 2. The van der Waals surface area contributed by atoms with Gasteiger partial charge in [0, 0.05) is 17.3 Å². The highest BCUT2D eigenvalue weighted by Crippen LogP contribution is 2.24. The van der Waals surface area contributed by atoms with Gasteiger partial charge in [0.15, 0.2) is 5.16 Å². The van der Waals surface area contributed by atoms with Gasteiger partial charge in [0.2, 0.25) is 5.91 Å². The minimum atomic E-state index is -0.131. The zero-order chi connectivity index (χ0) is 21.1. The van der Waals surface area contributed by atoms with Gasteiger partial charge in [0.1, 0.15) is 0 Å². The van der Waals surface area contributed by atoms with E-state index in [0.717, 1.165) is 28.8 Å². The molecule has 3 rings (SSSR count). The summed E-state index contributed by atoms with van der Waals surface area (Å²) in [4.78, 5) is 30.1. The summed E-state index contributed by atoms with van der Waals surface area (Å²) in [5, 5.41) is 4.57. The van der Waals surface area contributed by atoms with Crippen LogP contribution >= 0.6 is 23.4 Å². The van der Waals surface area contributed by atoms with Crippen LogP contribution in [-0.2, 0) is 11.3 Å². The number of nitrogens with zero attached hydrogens (tertiary/aromatic N) is 2. The van der Waals surface area contributed by atoms with Gasteiger partial charge in [0.05, 0.1) is 16.7 Å². The lowest BCUT2D eigenvalue weighted by Gasteiger charge is -2.14. The van der Waals surface area contributed by atoms with Crippen molar-refractivity contribution in [2.45, 2.75) is 45.8 Å². The fourth-order valence-electron chi connectivity index (χ4n) is 3.39. The molecule has 0 atom stereocenters. The second-order valence-electron chi connectivity index (χ2n) is 7.12. The molecule has 3 aromatic rings. The number of thioether (sulfide) groups is 1. The molecule has 2 aromatic carbocycles. The van der Waals surface area contributed by atoms with Gasteiger partial charge >= 0.3 is 0 Å². The average molecular weight is 430 g/mol. The predicted octanol–water partition coefficient (Wildman–Crippen LogP) is 5.12. The normalized spacial score (nSPS) is 11.1. The molecule has 0 radical (unpaired) electrons. The maximum absolute atomic E-state index is 12.9. The molecule has 0 bridgehead atoms. The van der Waals surface area contributed by atoms with Crippen molar-refractivity contribution in [2.75, 3.05) is 11.1 Å². The first kappa shape index (κ1) is 21.4. The molecule has 0 spiro atoms. The Kier molecular flexibility index (Phi) is 6.65. The Morgan fingerprint density at radius 1 is 1.17 bits per heavy atom. The maximum Gasteiger partial charge on any atom is 0.262 e. The van der Waals surface area contributed by atoms with Crippen LogP contribution in [0.2, 0.25) is 5.02 Å². The predicted molar refractivity (Wildman–Crippen MR) is 121 cm³/mol. The fourth-order valence-corrected chi connectivity index (χ4v) is 4.38. The molecule has 29 heavy (non-hydrogen) atoms. The van der Waals surface area contributed by atoms with E-state index in [2.05, 4.69) is 10.3 Å². The van der Waals surface area contributed by atoms with Crippen molar-refractivity contribution in [3.63, 3.8) is 0 Å². The van der Waals surface area contributed by atoms with Gasteiger partial charge in [0.25, 0.3) is 5.56 Å². The van der Waals surface area contributed by atoms with E-state index >= 15 is 0 Å². The summed E-state index contributed by atoms with van der Waals surface area (Å²) in [7, 11) is 0. The monoisotopic (exact) mass is 429 g/mol. The Morgan fingerprint density at radius 3 is 2.52 bits per heavy atom. The van der Waals surface area contributed by atoms with Crippen LogP contribution in [0.3, 0.4) is 0 Å². The van der Waals surface area contributed by atoms with Gasteiger partial charge in [-0.2, -0.15) is 0 Å². The number of fused-ring (bicyclic) bond motifs is 1. The number of anilines is 1. The maximum atomic E-state index is 12.9. The number of hydrogen-bond acceptors (Lipinski definition) is 4. The number of carbonyl (C=O) groups is 1. The van der Waals surface area contributed by atoms with Crippen molar-refractivity contribution >= 4 is 45.9 Å². The summed E-state index contributed by atoms with van der Waals surface area (Å²) in [6.07, 6.45) is 0.794. The SMILES string of the molecule is CCCn1c(SCC(=O)Nc2c(C)cc(C)cc2C)nc2cc(Cl)ccc2c1=O. The number of halogens is 1. The number of benzene rings is 2. The average Bonchev–Trinajstić information content (AvgIpc) is 2.65.